The van der Waals surface area contributed by atoms with Gasteiger partial charge >= 0.3 is 0 Å². The zero-order valence-electron chi connectivity index (χ0n) is 16.1. The number of H-pyrrole nitrogens is 1. The van der Waals surface area contributed by atoms with E-state index in [2.05, 4.69) is 38.6 Å². The summed E-state index contributed by atoms with van der Waals surface area (Å²) in [6, 6.07) is 17.8. The van der Waals surface area contributed by atoms with Gasteiger partial charge in [-0.2, -0.15) is 5.10 Å². The van der Waals surface area contributed by atoms with Crippen LogP contribution < -0.4 is 15.0 Å². The zero-order chi connectivity index (χ0) is 19.5. The van der Waals surface area contributed by atoms with Crippen LogP contribution in [0.4, 0.5) is 5.82 Å². The van der Waals surface area contributed by atoms with Crippen molar-refractivity contribution in [1.29, 1.82) is 0 Å². The number of anilines is 1. The van der Waals surface area contributed by atoms with Gasteiger partial charge in [0.1, 0.15) is 5.75 Å². The highest BCUT2D eigenvalue weighted by Gasteiger charge is 2.26. The minimum Gasteiger partial charge on any atom is -0.497 e. The molecular formula is C22H24N4O2. The Balaban J connectivity index is 1.39. The second-order valence-corrected chi connectivity index (χ2v) is 7.09. The van der Waals surface area contributed by atoms with E-state index >= 15 is 0 Å². The van der Waals surface area contributed by atoms with Crippen LogP contribution in [0, 0.1) is 6.92 Å². The SMILES string of the molecule is COc1ccc(C(=O)NC2CCN(c3cc(-c4ccccc4)[nH]n3)C2)c(C)c1. The Bertz CT molecular complexity index is 968. The van der Waals surface area contributed by atoms with Gasteiger partial charge in [-0.3, -0.25) is 9.89 Å². The number of hydrogen-bond donors (Lipinski definition) is 2. The molecule has 1 amide bonds. The number of benzene rings is 2. The van der Waals surface area contributed by atoms with Crippen LogP contribution in [-0.4, -0.2) is 42.3 Å². The van der Waals surface area contributed by atoms with Crippen LogP contribution in [-0.2, 0) is 0 Å². The monoisotopic (exact) mass is 376 g/mol. The van der Waals surface area contributed by atoms with E-state index in [1.165, 1.54) is 0 Å². The lowest BCUT2D eigenvalue weighted by molar-refractivity contribution is 0.0939. The van der Waals surface area contributed by atoms with E-state index in [1.807, 2.05) is 43.3 Å². The quantitative estimate of drug-likeness (QED) is 0.716. The van der Waals surface area contributed by atoms with Gasteiger partial charge in [0, 0.05) is 30.8 Å². The van der Waals surface area contributed by atoms with Crippen molar-refractivity contribution in [3.63, 3.8) is 0 Å². The summed E-state index contributed by atoms with van der Waals surface area (Å²) in [5.74, 6) is 1.63. The lowest BCUT2D eigenvalue weighted by Gasteiger charge is -2.16. The fraction of sp³-hybridized carbons (Fsp3) is 0.273. The Morgan fingerprint density at radius 3 is 2.79 bits per heavy atom. The minimum absolute atomic E-state index is 0.0426. The molecule has 0 saturated carbocycles. The highest BCUT2D eigenvalue weighted by molar-refractivity contribution is 5.96. The Kier molecular flexibility index (Phi) is 5.02. The highest BCUT2D eigenvalue weighted by atomic mass is 16.5. The molecule has 1 aromatic heterocycles. The second kappa shape index (κ2) is 7.76. The molecule has 144 valence electrons. The molecule has 0 radical (unpaired) electrons. The van der Waals surface area contributed by atoms with E-state index in [-0.39, 0.29) is 11.9 Å². The predicted octanol–water partition coefficient (Wildman–Crippen LogP) is 3.40. The molecule has 1 aliphatic rings. The maximum Gasteiger partial charge on any atom is 0.251 e. The van der Waals surface area contributed by atoms with Crippen molar-refractivity contribution in [3.8, 4) is 17.0 Å². The van der Waals surface area contributed by atoms with Gasteiger partial charge in [-0.1, -0.05) is 30.3 Å². The van der Waals surface area contributed by atoms with Gasteiger partial charge in [-0.25, -0.2) is 0 Å². The first kappa shape index (κ1) is 18.1. The zero-order valence-corrected chi connectivity index (χ0v) is 16.1. The van der Waals surface area contributed by atoms with Crippen LogP contribution in [0.3, 0.4) is 0 Å². The van der Waals surface area contributed by atoms with Crippen molar-refractivity contribution in [2.45, 2.75) is 19.4 Å². The number of nitrogens with one attached hydrogen (secondary N) is 2. The number of amides is 1. The Morgan fingerprint density at radius 2 is 2.04 bits per heavy atom. The second-order valence-electron chi connectivity index (χ2n) is 7.09. The van der Waals surface area contributed by atoms with Crippen LogP contribution in [0.1, 0.15) is 22.3 Å². The number of carbonyl (C=O) groups is 1. The van der Waals surface area contributed by atoms with Crippen molar-refractivity contribution >= 4 is 11.7 Å². The fourth-order valence-corrected chi connectivity index (χ4v) is 3.61. The van der Waals surface area contributed by atoms with Crippen molar-refractivity contribution in [3.05, 3.63) is 65.7 Å². The molecule has 2 aromatic carbocycles. The van der Waals surface area contributed by atoms with Gasteiger partial charge in [-0.15, -0.1) is 0 Å². The lowest BCUT2D eigenvalue weighted by Crippen LogP contribution is -2.37. The summed E-state index contributed by atoms with van der Waals surface area (Å²) < 4.78 is 5.21. The van der Waals surface area contributed by atoms with Gasteiger partial charge in [0.05, 0.1) is 12.8 Å². The summed E-state index contributed by atoms with van der Waals surface area (Å²) in [4.78, 5) is 14.9. The molecule has 2 N–H and O–H groups in total. The maximum atomic E-state index is 12.7. The fourth-order valence-electron chi connectivity index (χ4n) is 3.61. The first-order valence-corrected chi connectivity index (χ1v) is 9.45. The molecule has 1 aliphatic heterocycles. The van der Waals surface area contributed by atoms with Crippen molar-refractivity contribution in [1.82, 2.24) is 15.5 Å². The minimum atomic E-state index is -0.0426. The van der Waals surface area contributed by atoms with Crippen molar-refractivity contribution in [2.24, 2.45) is 0 Å². The predicted molar refractivity (Wildman–Crippen MR) is 110 cm³/mol. The van der Waals surface area contributed by atoms with E-state index in [9.17, 15) is 4.79 Å². The van der Waals surface area contributed by atoms with Crippen LogP contribution in [0.15, 0.2) is 54.6 Å². The molecule has 1 fully saturated rings. The number of aromatic amines is 1. The standard InChI is InChI=1S/C22H24N4O2/c1-15-12-18(28-2)8-9-19(15)22(27)23-17-10-11-26(14-17)21-13-20(24-25-21)16-6-4-3-5-7-16/h3-9,12-13,17H,10-11,14H2,1-2H3,(H,23,27)(H,24,25). The number of carbonyl (C=O) groups excluding carboxylic acids is 1. The average Bonchev–Trinajstić information content (AvgIpc) is 3.38. The third-order valence-electron chi connectivity index (χ3n) is 5.17. The topological polar surface area (TPSA) is 70.2 Å². The molecule has 1 saturated heterocycles. The van der Waals surface area contributed by atoms with Gasteiger partial charge in [-0.05, 0) is 42.7 Å². The lowest BCUT2D eigenvalue weighted by atomic mass is 10.1. The molecule has 0 aliphatic carbocycles. The van der Waals surface area contributed by atoms with E-state index in [4.69, 9.17) is 4.74 Å². The molecule has 1 unspecified atom stereocenters. The summed E-state index contributed by atoms with van der Waals surface area (Å²) >= 11 is 0. The van der Waals surface area contributed by atoms with Crippen LogP contribution in [0.25, 0.3) is 11.3 Å². The van der Waals surface area contributed by atoms with Gasteiger partial charge in [0.25, 0.3) is 5.91 Å². The summed E-state index contributed by atoms with van der Waals surface area (Å²) in [6.07, 6.45) is 0.897. The molecule has 3 aromatic rings. The van der Waals surface area contributed by atoms with Gasteiger partial charge < -0.3 is 15.0 Å². The normalized spacial score (nSPS) is 16.2. The summed E-state index contributed by atoms with van der Waals surface area (Å²) in [7, 11) is 1.62. The van der Waals surface area contributed by atoms with Gasteiger partial charge in [0.15, 0.2) is 5.82 Å². The largest absolute Gasteiger partial charge is 0.497 e. The maximum absolute atomic E-state index is 12.7. The smallest absolute Gasteiger partial charge is 0.251 e. The number of hydrogen-bond acceptors (Lipinski definition) is 4. The number of rotatable bonds is 5. The number of methoxy groups -OCH3 is 1. The highest BCUT2D eigenvalue weighted by Crippen LogP contribution is 2.24. The number of aryl methyl sites for hydroxylation is 1. The molecule has 6 heteroatoms. The first-order valence-electron chi connectivity index (χ1n) is 9.45. The van der Waals surface area contributed by atoms with E-state index < -0.39 is 0 Å². The van der Waals surface area contributed by atoms with Crippen LogP contribution in [0.2, 0.25) is 0 Å². The molecular weight excluding hydrogens is 352 g/mol. The molecule has 4 rings (SSSR count). The first-order chi connectivity index (χ1) is 13.6. The molecule has 2 heterocycles. The van der Waals surface area contributed by atoms with Crippen LogP contribution in [0.5, 0.6) is 5.75 Å². The Morgan fingerprint density at radius 1 is 1.21 bits per heavy atom. The Hall–Kier alpha value is -3.28. The Labute approximate surface area is 164 Å². The molecule has 6 nitrogen and oxygen atoms in total. The number of ether oxygens (including phenoxy) is 1. The summed E-state index contributed by atoms with van der Waals surface area (Å²) in [6.45, 7) is 3.54. The van der Waals surface area contributed by atoms with E-state index in [0.717, 1.165) is 47.9 Å². The van der Waals surface area contributed by atoms with E-state index in [0.29, 0.717) is 5.56 Å². The summed E-state index contributed by atoms with van der Waals surface area (Å²) in [5, 5.41) is 10.7. The van der Waals surface area contributed by atoms with Gasteiger partial charge in [0.2, 0.25) is 0 Å². The van der Waals surface area contributed by atoms with Crippen LogP contribution >= 0.6 is 0 Å². The molecule has 0 spiro atoms. The van der Waals surface area contributed by atoms with Crippen molar-refractivity contribution < 1.29 is 9.53 Å². The summed E-state index contributed by atoms with van der Waals surface area (Å²) in [5.41, 5.74) is 3.70. The molecule has 0 bridgehead atoms. The van der Waals surface area contributed by atoms with Crippen molar-refractivity contribution in [2.75, 3.05) is 25.1 Å². The molecule has 28 heavy (non-hydrogen) atoms. The molecule has 1 atom stereocenters. The third-order valence-corrected chi connectivity index (χ3v) is 5.17. The third kappa shape index (κ3) is 3.71. The number of nitrogens with zero attached hydrogens (tertiary/aromatic N) is 2. The van der Waals surface area contributed by atoms with E-state index in [1.54, 1.807) is 7.11 Å². The average molecular weight is 376 g/mol. The number of aromatic nitrogens is 2.